The molecule has 0 saturated carbocycles. The van der Waals surface area contributed by atoms with E-state index in [9.17, 15) is 8.42 Å². The summed E-state index contributed by atoms with van der Waals surface area (Å²) in [6.07, 6.45) is 1.67. The minimum absolute atomic E-state index is 0.0783. The molecular weight excluding hydrogens is 304 g/mol. The Labute approximate surface area is 111 Å². The van der Waals surface area contributed by atoms with E-state index in [0.717, 1.165) is 4.47 Å². The van der Waals surface area contributed by atoms with Gasteiger partial charge in [-0.2, -0.15) is 8.42 Å². The fourth-order valence-corrected chi connectivity index (χ4v) is 2.29. The first-order valence-corrected chi connectivity index (χ1v) is 7.25. The summed E-state index contributed by atoms with van der Waals surface area (Å²) in [6, 6.07) is 6.32. The second kappa shape index (κ2) is 5.33. The van der Waals surface area contributed by atoms with Gasteiger partial charge in [0.2, 0.25) is 0 Å². The molecule has 0 aliphatic carbocycles. The molecule has 0 aliphatic heterocycles. The van der Waals surface area contributed by atoms with E-state index in [1.807, 2.05) is 13.8 Å². The van der Waals surface area contributed by atoms with Crippen molar-refractivity contribution in [1.29, 1.82) is 0 Å². The van der Waals surface area contributed by atoms with E-state index in [4.69, 9.17) is 4.18 Å². The van der Waals surface area contributed by atoms with Gasteiger partial charge in [0.1, 0.15) is 0 Å². The Hall–Kier alpha value is -0.650. The Balaban J connectivity index is 2.83. The van der Waals surface area contributed by atoms with E-state index >= 15 is 0 Å². The lowest BCUT2D eigenvalue weighted by molar-refractivity contribution is 0.227. The molecule has 0 aliphatic rings. The lowest BCUT2D eigenvalue weighted by Gasteiger charge is -2.18. The maximum Gasteiger partial charge on any atom is 0.297 e. The van der Waals surface area contributed by atoms with Crippen molar-refractivity contribution in [3.8, 4) is 0 Å². The molecule has 94 valence electrons. The van der Waals surface area contributed by atoms with E-state index in [-0.39, 0.29) is 16.9 Å². The third-order valence-electron chi connectivity index (χ3n) is 2.24. The minimum Gasteiger partial charge on any atom is -0.265 e. The van der Waals surface area contributed by atoms with E-state index < -0.39 is 10.1 Å². The van der Waals surface area contributed by atoms with Gasteiger partial charge in [0.15, 0.2) is 0 Å². The normalized spacial score (nSPS) is 12.4. The minimum atomic E-state index is -3.69. The molecule has 5 heteroatoms. The summed E-state index contributed by atoms with van der Waals surface area (Å²) in [6.45, 7) is 7.43. The third kappa shape index (κ3) is 4.26. The van der Waals surface area contributed by atoms with E-state index in [2.05, 4.69) is 22.5 Å². The SMILES string of the molecule is C=CC(C)(C)COS(=O)(=O)c1ccc(Br)cc1. The van der Waals surface area contributed by atoms with Crippen LogP contribution in [0.3, 0.4) is 0 Å². The second-order valence-corrected chi connectivity index (χ2v) is 6.89. The number of hydrogen-bond acceptors (Lipinski definition) is 3. The molecular formula is C12H15BrO3S. The number of halogens is 1. The van der Waals surface area contributed by atoms with Gasteiger partial charge in [-0.1, -0.05) is 35.9 Å². The molecule has 0 amide bonds. The van der Waals surface area contributed by atoms with Crippen molar-refractivity contribution in [1.82, 2.24) is 0 Å². The lowest BCUT2D eigenvalue weighted by Crippen LogP contribution is -2.19. The van der Waals surface area contributed by atoms with Crippen molar-refractivity contribution in [3.05, 3.63) is 41.4 Å². The molecule has 0 bridgehead atoms. The average molecular weight is 319 g/mol. The molecule has 0 N–H and O–H groups in total. The molecule has 17 heavy (non-hydrogen) atoms. The van der Waals surface area contributed by atoms with Crippen LogP contribution in [0.25, 0.3) is 0 Å². The summed E-state index contributed by atoms with van der Waals surface area (Å²) < 4.78 is 29.5. The molecule has 0 aromatic heterocycles. The van der Waals surface area contributed by atoms with Crippen molar-refractivity contribution in [3.63, 3.8) is 0 Å². The maximum atomic E-state index is 11.8. The average Bonchev–Trinajstić information content (AvgIpc) is 2.27. The van der Waals surface area contributed by atoms with Crippen LogP contribution >= 0.6 is 15.9 Å². The highest BCUT2D eigenvalue weighted by molar-refractivity contribution is 9.10. The Morgan fingerprint density at radius 3 is 2.35 bits per heavy atom. The zero-order valence-electron chi connectivity index (χ0n) is 9.81. The zero-order chi connectivity index (χ0) is 13.1. The van der Waals surface area contributed by atoms with E-state index in [1.54, 1.807) is 18.2 Å². The molecule has 1 aromatic carbocycles. The summed E-state index contributed by atoms with van der Waals surface area (Å²) >= 11 is 3.25. The largest absolute Gasteiger partial charge is 0.297 e. The standard InChI is InChI=1S/C12H15BrO3S/c1-4-12(2,3)9-16-17(14,15)11-7-5-10(13)6-8-11/h4-8H,1,9H2,2-3H3. The van der Waals surface area contributed by atoms with Gasteiger partial charge < -0.3 is 0 Å². The Kier molecular flexibility index (Phi) is 4.52. The van der Waals surface area contributed by atoms with Crippen molar-refractivity contribution >= 4 is 26.0 Å². The van der Waals surface area contributed by atoms with Gasteiger partial charge in [0.05, 0.1) is 11.5 Å². The second-order valence-electron chi connectivity index (χ2n) is 4.36. The van der Waals surface area contributed by atoms with Crippen LogP contribution in [-0.2, 0) is 14.3 Å². The van der Waals surface area contributed by atoms with Gasteiger partial charge >= 0.3 is 0 Å². The summed E-state index contributed by atoms with van der Waals surface area (Å²) in [4.78, 5) is 0.153. The Morgan fingerprint density at radius 1 is 1.35 bits per heavy atom. The third-order valence-corrected chi connectivity index (χ3v) is 4.05. The van der Waals surface area contributed by atoms with Crippen molar-refractivity contribution < 1.29 is 12.6 Å². The Bertz CT molecular complexity index is 489. The van der Waals surface area contributed by atoms with Crippen LogP contribution in [0.2, 0.25) is 0 Å². The number of rotatable bonds is 5. The molecule has 3 nitrogen and oxygen atoms in total. The highest BCUT2D eigenvalue weighted by Crippen LogP contribution is 2.21. The quantitative estimate of drug-likeness (QED) is 0.617. The van der Waals surface area contributed by atoms with E-state index in [0.29, 0.717) is 0 Å². The van der Waals surface area contributed by atoms with Crippen LogP contribution in [0.4, 0.5) is 0 Å². The summed E-state index contributed by atoms with van der Waals surface area (Å²) in [5, 5.41) is 0. The predicted octanol–water partition coefficient (Wildman–Crippen LogP) is 3.37. The zero-order valence-corrected chi connectivity index (χ0v) is 12.2. The van der Waals surface area contributed by atoms with Gasteiger partial charge in [-0.25, -0.2) is 0 Å². The van der Waals surface area contributed by atoms with Crippen LogP contribution in [0.1, 0.15) is 13.8 Å². The molecule has 0 heterocycles. The molecule has 0 radical (unpaired) electrons. The van der Waals surface area contributed by atoms with E-state index in [1.165, 1.54) is 12.1 Å². The van der Waals surface area contributed by atoms with Crippen molar-refractivity contribution in [2.45, 2.75) is 18.7 Å². The van der Waals surface area contributed by atoms with Gasteiger partial charge in [0, 0.05) is 9.89 Å². The first kappa shape index (κ1) is 14.4. The molecule has 0 unspecified atom stereocenters. The fraction of sp³-hybridized carbons (Fsp3) is 0.333. The van der Waals surface area contributed by atoms with Crippen LogP contribution in [0.5, 0.6) is 0 Å². The molecule has 0 saturated heterocycles. The fourth-order valence-electron chi connectivity index (χ4n) is 0.958. The number of hydrogen-bond donors (Lipinski definition) is 0. The summed E-state index contributed by atoms with van der Waals surface area (Å²) in [5.74, 6) is 0. The monoisotopic (exact) mass is 318 g/mol. The topological polar surface area (TPSA) is 43.4 Å². The first-order valence-electron chi connectivity index (χ1n) is 5.05. The first-order chi connectivity index (χ1) is 7.77. The van der Waals surface area contributed by atoms with Crippen molar-refractivity contribution in [2.24, 2.45) is 5.41 Å². The van der Waals surface area contributed by atoms with Gasteiger partial charge in [-0.05, 0) is 24.3 Å². The smallest absolute Gasteiger partial charge is 0.265 e. The van der Waals surface area contributed by atoms with Crippen LogP contribution in [0, 0.1) is 5.41 Å². The van der Waals surface area contributed by atoms with Gasteiger partial charge in [-0.15, -0.1) is 6.58 Å². The Morgan fingerprint density at radius 2 is 1.88 bits per heavy atom. The molecule has 1 aromatic rings. The molecule has 1 rings (SSSR count). The van der Waals surface area contributed by atoms with Crippen molar-refractivity contribution in [2.75, 3.05) is 6.61 Å². The summed E-state index contributed by atoms with van der Waals surface area (Å²) in [5.41, 5.74) is -0.373. The lowest BCUT2D eigenvalue weighted by atomic mass is 9.96. The van der Waals surface area contributed by atoms with Crippen LogP contribution in [-0.4, -0.2) is 15.0 Å². The van der Waals surface area contributed by atoms with Gasteiger partial charge in [0.25, 0.3) is 10.1 Å². The highest BCUT2D eigenvalue weighted by Gasteiger charge is 2.21. The van der Waals surface area contributed by atoms with Crippen LogP contribution in [0.15, 0.2) is 46.3 Å². The molecule has 0 spiro atoms. The summed E-state index contributed by atoms with van der Waals surface area (Å²) in [7, 11) is -3.69. The molecule has 0 atom stereocenters. The maximum absolute atomic E-state index is 11.8. The molecule has 0 fully saturated rings. The van der Waals surface area contributed by atoms with Crippen LogP contribution < -0.4 is 0 Å². The number of benzene rings is 1. The predicted molar refractivity (Wildman–Crippen MR) is 71.3 cm³/mol. The van der Waals surface area contributed by atoms with Gasteiger partial charge in [-0.3, -0.25) is 4.18 Å². The highest BCUT2D eigenvalue weighted by atomic mass is 79.9.